The van der Waals surface area contributed by atoms with Gasteiger partial charge < -0.3 is 19.7 Å². The van der Waals surface area contributed by atoms with Crippen molar-refractivity contribution in [2.24, 2.45) is 4.99 Å². The van der Waals surface area contributed by atoms with E-state index in [1.54, 1.807) is 17.3 Å². The number of hydrogen-bond donors (Lipinski definition) is 1. The van der Waals surface area contributed by atoms with Gasteiger partial charge in [0.1, 0.15) is 5.60 Å². The Morgan fingerprint density at radius 3 is 2.50 bits per heavy atom. The second kappa shape index (κ2) is 10.7. The van der Waals surface area contributed by atoms with Crippen LogP contribution in [0.2, 0.25) is 0 Å². The van der Waals surface area contributed by atoms with Crippen LogP contribution >= 0.6 is 15.9 Å². The second-order valence-corrected chi connectivity index (χ2v) is 13.5. The first-order valence-corrected chi connectivity index (χ1v) is 14.8. The summed E-state index contributed by atoms with van der Waals surface area (Å²) in [6, 6.07) is 4.19. The molecule has 1 saturated carbocycles. The van der Waals surface area contributed by atoms with Gasteiger partial charge in [-0.25, -0.2) is 14.8 Å². The molecule has 3 aliphatic rings. The number of hydrogen-bond acceptors (Lipinski definition) is 8. The number of nitrogens with zero attached hydrogens (tertiary/aromatic N) is 7. The molecule has 2 aliphatic heterocycles. The zero-order valence-electron chi connectivity index (χ0n) is 24.3. The topological polar surface area (TPSA) is 99.3 Å². The molecule has 0 atom stereocenters. The van der Waals surface area contributed by atoms with Gasteiger partial charge in [-0.05, 0) is 72.1 Å². The highest BCUT2D eigenvalue weighted by Crippen LogP contribution is 2.39. The van der Waals surface area contributed by atoms with Crippen LogP contribution in [0.5, 0.6) is 0 Å². The quantitative estimate of drug-likeness (QED) is 0.458. The summed E-state index contributed by atoms with van der Waals surface area (Å²) in [4.78, 5) is 32.7. The first-order chi connectivity index (χ1) is 18.8. The first kappa shape index (κ1) is 28.4. The number of carbonyl (C=O) groups excluding carboxylic acids is 1. The first-order valence-electron chi connectivity index (χ1n) is 14.0. The SMILES string of the molecule is CC1=C(Br)CN(C2CCCC2)c2c1cnc(=Nc1ccc(N3CCN(C(=O)OC(C)(C)C)C(C)(C)C3)cn1)n2O. The predicted molar refractivity (Wildman–Crippen MR) is 159 cm³/mol. The number of piperazine rings is 1. The minimum absolute atomic E-state index is 0.194. The maximum Gasteiger partial charge on any atom is 0.410 e. The monoisotopic (exact) mass is 613 g/mol. The number of allylic oxidation sites excluding steroid dienone is 1. The maximum atomic E-state index is 12.8. The Labute approximate surface area is 244 Å². The Balaban J connectivity index is 1.37. The Morgan fingerprint density at radius 2 is 1.88 bits per heavy atom. The fourth-order valence-corrected chi connectivity index (χ4v) is 6.32. The van der Waals surface area contributed by atoms with Crippen LogP contribution in [0.1, 0.15) is 72.8 Å². The highest BCUT2D eigenvalue weighted by molar-refractivity contribution is 9.11. The van der Waals surface area contributed by atoms with Crippen molar-refractivity contribution in [2.75, 3.05) is 36.0 Å². The Morgan fingerprint density at radius 1 is 1.15 bits per heavy atom. The number of pyridine rings is 1. The third kappa shape index (κ3) is 5.70. The number of carbonyl (C=O) groups is 1. The van der Waals surface area contributed by atoms with Gasteiger partial charge >= 0.3 is 6.09 Å². The van der Waals surface area contributed by atoms with E-state index in [0.717, 1.165) is 51.2 Å². The standard InChI is InChI=1S/C29H40BrN7O3/c1-19-22-16-32-26(37(39)25(22)35(17-23(19)30)20-9-7-8-10-20)33-24-12-11-21(15-31-24)34-13-14-36(29(5,6)18-34)27(38)40-28(2,3)4/h11-12,15-16,20,39H,7-10,13-14,17-18H2,1-6H3. The van der Waals surface area contributed by atoms with Crippen molar-refractivity contribution in [1.29, 1.82) is 0 Å². The van der Waals surface area contributed by atoms with Gasteiger partial charge in [-0.1, -0.05) is 28.8 Å². The van der Waals surface area contributed by atoms with Crippen LogP contribution in [-0.2, 0) is 4.74 Å². The summed E-state index contributed by atoms with van der Waals surface area (Å²) in [6.07, 6.45) is 7.91. The van der Waals surface area contributed by atoms with Gasteiger partial charge in [0.05, 0.1) is 24.0 Å². The van der Waals surface area contributed by atoms with Gasteiger partial charge in [0, 0.05) is 41.9 Å². The molecule has 1 amide bonds. The van der Waals surface area contributed by atoms with Gasteiger partial charge in [-0.15, -0.1) is 4.73 Å². The molecule has 216 valence electrons. The summed E-state index contributed by atoms with van der Waals surface area (Å²) in [5.41, 5.74) is 2.18. The zero-order chi connectivity index (χ0) is 28.8. The summed E-state index contributed by atoms with van der Waals surface area (Å²) >= 11 is 3.73. The van der Waals surface area contributed by atoms with E-state index in [-0.39, 0.29) is 11.7 Å². The van der Waals surface area contributed by atoms with Crippen molar-refractivity contribution in [3.05, 3.63) is 40.2 Å². The molecule has 0 bridgehead atoms. The summed E-state index contributed by atoms with van der Waals surface area (Å²) in [5.74, 6) is 1.20. The van der Waals surface area contributed by atoms with E-state index in [2.05, 4.69) is 40.7 Å². The molecule has 1 saturated heterocycles. The van der Waals surface area contributed by atoms with Gasteiger partial charge in [-0.2, -0.15) is 4.99 Å². The Bertz CT molecular complexity index is 1370. The van der Waals surface area contributed by atoms with E-state index in [4.69, 9.17) is 4.74 Å². The molecule has 2 fully saturated rings. The van der Waals surface area contributed by atoms with Gasteiger partial charge in [-0.3, -0.25) is 4.90 Å². The van der Waals surface area contributed by atoms with Crippen molar-refractivity contribution in [3.8, 4) is 0 Å². The average Bonchev–Trinajstić information content (AvgIpc) is 3.41. The van der Waals surface area contributed by atoms with Crippen LogP contribution < -0.4 is 15.4 Å². The number of aromatic nitrogens is 3. The minimum atomic E-state index is -0.533. The lowest BCUT2D eigenvalue weighted by atomic mass is 9.99. The molecule has 11 heteroatoms. The molecule has 2 aromatic heterocycles. The lowest BCUT2D eigenvalue weighted by molar-refractivity contribution is 0.000372. The van der Waals surface area contributed by atoms with Crippen molar-refractivity contribution >= 4 is 44.9 Å². The third-order valence-electron chi connectivity index (χ3n) is 7.93. The number of amides is 1. The number of fused-ring (bicyclic) bond motifs is 1. The third-order valence-corrected chi connectivity index (χ3v) is 8.77. The smallest absolute Gasteiger partial charge is 0.410 e. The summed E-state index contributed by atoms with van der Waals surface area (Å²) in [7, 11) is 0. The Kier molecular flexibility index (Phi) is 7.62. The molecular formula is C29H40BrN7O3. The maximum absolute atomic E-state index is 12.8. The summed E-state index contributed by atoms with van der Waals surface area (Å²) in [5, 5.41) is 11.3. The number of ether oxygens (including phenoxy) is 1. The van der Waals surface area contributed by atoms with Crippen LogP contribution in [0.4, 0.5) is 22.1 Å². The largest absolute Gasteiger partial charge is 0.444 e. The highest BCUT2D eigenvalue weighted by Gasteiger charge is 2.39. The van der Waals surface area contributed by atoms with Crippen LogP contribution in [0, 0.1) is 0 Å². The fourth-order valence-electron chi connectivity index (χ4n) is 5.83. The predicted octanol–water partition coefficient (Wildman–Crippen LogP) is 5.47. The lowest BCUT2D eigenvalue weighted by Gasteiger charge is -2.47. The van der Waals surface area contributed by atoms with E-state index < -0.39 is 11.1 Å². The molecule has 0 aromatic carbocycles. The minimum Gasteiger partial charge on any atom is -0.444 e. The second-order valence-electron chi connectivity index (χ2n) is 12.6. The highest BCUT2D eigenvalue weighted by atomic mass is 79.9. The van der Waals surface area contributed by atoms with E-state index >= 15 is 0 Å². The van der Waals surface area contributed by atoms with Crippen molar-refractivity contribution in [1.82, 2.24) is 19.6 Å². The van der Waals surface area contributed by atoms with Crippen molar-refractivity contribution in [2.45, 2.75) is 84.4 Å². The van der Waals surface area contributed by atoms with Crippen LogP contribution in [0.25, 0.3) is 5.57 Å². The van der Waals surface area contributed by atoms with Gasteiger partial charge in [0.15, 0.2) is 11.6 Å². The summed E-state index contributed by atoms with van der Waals surface area (Å²) in [6.45, 7) is 14.4. The molecule has 2 aromatic rings. The Hall–Kier alpha value is -3.08. The van der Waals surface area contributed by atoms with Crippen LogP contribution in [0.3, 0.4) is 0 Å². The average molecular weight is 615 g/mol. The molecule has 0 radical (unpaired) electrons. The molecule has 1 N–H and O–H groups in total. The molecule has 4 heterocycles. The molecule has 40 heavy (non-hydrogen) atoms. The van der Waals surface area contributed by atoms with E-state index in [1.807, 2.05) is 53.7 Å². The normalized spacial score (nSPS) is 20.3. The number of halogens is 1. The van der Waals surface area contributed by atoms with Crippen LogP contribution in [-0.4, -0.2) is 74.3 Å². The fraction of sp³-hybridized carbons (Fsp3) is 0.586. The van der Waals surface area contributed by atoms with E-state index in [1.165, 1.54) is 12.8 Å². The molecule has 1 aliphatic carbocycles. The van der Waals surface area contributed by atoms with Crippen LogP contribution in [0.15, 0.2) is 34.0 Å². The van der Waals surface area contributed by atoms with Gasteiger partial charge in [0.2, 0.25) is 0 Å². The molecular weight excluding hydrogens is 574 g/mol. The molecule has 5 rings (SSSR count). The number of rotatable bonds is 3. The summed E-state index contributed by atoms with van der Waals surface area (Å²) < 4.78 is 7.86. The van der Waals surface area contributed by atoms with Gasteiger partial charge in [0.25, 0.3) is 5.62 Å². The van der Waals surface area contributed by atoms with Crippen molar-refractivity contribution in [3.63, 3.8) is 0 Å². The van der Waals surface area contributed by atoms with E-state index in [0.29, 0.717) is 31.5 Å². The lowest BCUT2D eigenvalue weighted by Crippen LogP contribution is -2.61. The van der Waals surface area contributed by atoms with Crippen molar-refractivity contribution < 1.29 is 14.7 Å². The molecule has 0 unspecified atom stereocenters. The molecule has 0 spiro atoms. The van der Waals surface area contributed by atoms with E-state index in [9.17, 15) is 10.0 Å². The molecule has 10 nitrogen and oxygen atoms in total. The number of anilines is 2. The zero-order valence-corrected chi connectivity index (χ0v) is 25.9.